The van der Waals surface area contributed by atoms with E-state index in [1.165, 1.54) is 13.2 Å². The van der Waals surface area contributed by atoms with Gasteiger partial charge in [-0.05, 0) is 24.6 Å². The minimum atomic E-state index is -0.0106. The van der Waals surface area contributed by atoms with E-state index in [0.717, 1.165) is 11.3 Å². The molecule has 2 N–H and O–H groups in total. The maximum absolute atomic E-state index is 10.5. The zero-order valence-corrected chi connectivity index (χ0v) is 15.8. The summed E-state index contributed by atoms with van der Waals surface area (Å²) >= 11 is 0. The molecule has 0 aliphatic carbocycles. The number of hydrogen-bond donors (Lipinski definition) is 2. The lowest BCUT2D eigenvalue weighted by molar-refractivity contribution is 0.407. The van der Waals surface area contributed by atoms with Crippen LogP contribution in [0.3, 0.4) is 0 Å². The van der Waals surface area contributed by atoms with Gasteiger partial charge in [0.1, 0.15) is 11.5 Å². The number of aliphatic imine (C=N–C) groups is 2. The van der Waals surface area contributed by atoms with Crippen LogP contribution in [-0.4, -0.2) is 29.6 Å². The highest BCUT2D eigenvalue weighted by molar-refractivity contribution is 6.17. The van der Waals surface area contributed by atoms with Crippen LogP contribution in [0.2, 0.25) is 0 Å². The number of methoxy groups -OCH3 is 1. The standard InChI is InChI=1S/C23H21N3O2/c1-16(17-9-5-3-6-10-17)25-23(20-14-13-19(28-2)15-21(20)27)26-22(24)18-11-7-4-8-12-18/h3-15,24,27H,1-2H3. The van der Waals surface area contributed by atoms with Crippen LogP contribution in [0.4, 0.5) is 0 Å². The molecule has 0 fully saturated rings. The van der Waals surface area contributed by atoms with E-state index in [9.17, 15) is 5.11 Å². The van der Waals surface area contributed by atoms with E-state index in [0.29, 0.717) is 16.9 Å². The zero-order valence-electron chi connectivity index (χ0n) is 15.8. The fourth-order valence-corrected chi connectivity index (χ4v) is 2.64. The lowest BCUT2D eigenvalue weighted by Gasteiger charge is -2.09. The van der Waals surface area contributed by atoms with Gasteiger partial charge >= 0.3 is 0 Å². The Kier molecular flexibility index (Phi) is 5.97. The Balaban J connectivity index is 2.09. The van der Waals surface area contributed by atoms with E-state index in [-0.39, 0.29) is 17.4 Å². The summed E-state index contributed by atoms with van der Waals surface area (Å²) in [6.07, 6.45) is 0. The third kappa shape index (κ3) is 4.51. The second-order valence-corrected chi connectivity index (χ2v) is 6.10. The molecular formula is C23H21N3O2. The lowest BCUT2D eigenvalue weighted by atomic mass is 10.1. The maximum atomic E-state index is 10.5. The Morgan fingerprint density at radius 3 is 2.04 bits per heavy atom. The first-order valence-electron chi connectivity index (χ1n) is 8.79. The first-order chi connectivity index (χ1) is 13.6. The number of benzene rings is 3. The topological polar surface area (TPSA) is 78.0 Å². The monoisotopic (exact) mass is 371 g/mol. The lowest BCUT2D eigenvalue weighted by Crippen LogP contribution is -2.08. The number of aromatic hydroxyl groups is 1. The van der Waals surface area contributed by atoms with Crippen molar-refractivity contribution in [1.29, 1.82) is 5.41 Å². The highest BCUT2D eigenvalue weighted by Gasteiger charge is 2.12. The smallest absolute Gasteiger partial charge is 0.165 e. The number of rotatable bonds is 4. The van der Waals surface area contributed by atoms with Gasteiger partial charge in [0.05, 0.1) is 12.7 Å². The van der Waals surface area contributed by atoms with Gasteiger partial charge in [0, 0.05) is 17.3 Å². The van der Waals surface area contributed by atoms with Crippen molar-refractivity contribution >= 4 is 17.4 Å². The molecule has 3 aromatic rings. The molecule has 140 valence electrons. The molecule has 0 radical (unpaired) electrons. The van der Waals surface area contributed by atoms with Crippen molar-refractivity contribution in [2.24, 2.45) is 9.98 Å². The summed E-state index contributed by atoms with van der Waals surface area (Å²) in [6.45, 7) is 1.87. The summed E-state index contributed by atoms with van der Waals surface area (Å²) in [5.74, 6) is 0.844. The van der Waals surface area contributed by atoms with E-state index >= 15 is 0 Å². The number of nitrogens with zero attached hydrogens (tertiary/aromatic N) is 2. The molecule has 0 atom stereocenters. The second kappa shape index (κ2) is 8.77. The predicted molar refractivity (Wildman–Crippen MR) is 113 cm³/mol. The number of hydrogen-bond acceptors (Lipinski definition) is 3. The van der Waals surface area contributed by atoms with Crippen LogP contribution in [0.15, 0.2) is 88.8 Å². The average molecular weight is 371 g/mol. The van der Waals surface area contributed by atoms with Crippen molar-refractivity contribution in [3.63, 3.8) is 0 Å². The summed E-state index contributed by atoms with van der Waals surface area (Å²) in [4.78, 5) is 9.03. The SMILES string of the molecule is COc1ccc(C(N=C(C)c2ccccc2)=NC(=N)c2ccccc2)c(O)c1. The van der Waals surface area contributed by atoms with Gasteiger partial charge in [0.25, 0.3) is 0 Å². The average Bonchev–Trinajstić information content (AvgIpc) is 2.74. The molecule has 0 saturated carbocycles. The Bertz CT molecular complexity index is 1030. The van der Waals surface area contributed by atoms with Gasteiger partial charge in [-0.25, -0.2) is 9.98 Å². The van der Waals surface area contributed by atoms with Gasteiger partial charge in [0.2, 0.25) is 0 Å². The molecule has 28 heavy (non-hydrogen) atoms. The van der Waals surface area contributed by atoms with E-state index in [4.69, 9.17) is 10.1 Å². The van der Waals surface area contributed by atoms with Crippen LogP contribution >= 0.6 is 0 Å². The summed E-state index contributed by atoms with van der Waals surface area (Å²) in [7, 11) is 1.53. The van der Waals surface area contributed by atoms with Crippen LogP contribution < -0.4 is 4.74 Å². The van der Waals surface area contributed by atoms with Crippen molar-refractivity contribution in [3.05, 3.63) is 95.6 Å². The summed E-state index contributed by atoms with van der Waals surface area (Å²) in [5.41, 5.74) is 2.77. The zero-order chi connectivity index (χ0) is 19.9. The van der Waals surface area contributed by atoms with Crippen molar-refractivity contribution in [1.82, 2.24) is 0 Å². The van der Waals surface area contributed by atoms with E-state index in [1.54, 1.807) is 12.1 Å². The predicted octanol–water partition coefficient (Wildman–Crippen LogP) is 4.68. The van der Waals surface area contributed by atoms with Gasteiger partial charge < -0.3 is 9.84 Å². The van der Waals surface area contributed by atoms with E-state index in [2.05, 4.69) is 9.98 Å². The Morgan fingerprint density at radius 1 is 0.857 bits per heavy atom. The van der Waals surface area contributed by atoms with Crippen LogP contribution in [-0.2, 0) is 0 Å². The number of phenols is 1. The first kappa shape index (κ1) is 19.0. The summed E-state index contributed by atoms with van der Waals surface area (Å²) < 4.78 is 5.15. The van der Waals surface area contributed by atoms with Gasteiger partial charge in [-0.1, -0.05) is 60.7 Å². The van der Waals surface area contributed by atoms with Gasteiger partial charge in [-0.3, -0.25) is 5.41 Å². The van der Waals surface area contributed by atoms with E-state index in [1.807, 2.05) is 67.6 Å². The van der Waals surface area contributed by atoms with Crippen molar-refractivity contribution in [3.8, 4) is 11.5 Å². The summed E-state index contributed by atoms with van der Waals surface area (Å²) in [6, 6.07) is 23.8. The number of nitrogens with one attached hydrogen (secondary N) is 1. The molecule has 0 heterocycles. The van der Waals surface area contributed by atoms with Crippen LogP contribution in [0.1, 0.15) is 23.6 Å². The molecule has 5 nitrogen and oxygen atoms in total. The number of ether oxygens (including phenoxy) is 1. The van der Waals surface area contributed by atoms with Gasteiger partial charge in [-0.15, -0.1) is 0 Å². The molecule has 0 amide bonds. The van der Waals surface area contributed by atoms with Gasteiger partial charge in [-0.2, -0.15) is 0 Å². The Morgan fingerprint density at radius 2 is 1.46 bits per heavy atom. The molecule has 0 aliphatic heterocycles. The third-order valence-corrected chi connectivity index (χ3v) is 4.18. The molecule has 3 rings (SSSR count). The highest BCUT2D eigenvalue weighted by atomic mass is 16.5. The second-order valence-electron chi connectivity index (χ2n) is 6.10. The molecule has 0 spiro atoms. The minimum absolute atomic E-state index is 0.0106. The third-order valence-electron chi connectivity index (χ3n) is 4.18. The Hall–Kier alpha value is -3.73. The first-order valence-corrected chi connectivity index (χ1v) is 8.79. The van der Waals surface area contributed by atoms with Crippen LogP contribution in [0, 0.1) is 5.41 Å². The van der Waals surface area contributed by atoms with Gasteiger partial charge in [0.15, 0.2) is 11.7 Å². The largest absolute Gasteiger partial charge is 0.507 e. The molecule has 0 aliphatic rings. The summed E-state index contributed by atoms with van der Waals surface area (Å²) in [5, 5.41) is 18.8. The molecule has 5 heteroatoms. The molecular weight excluding hydrogens is 350 g/mol. The minimum Gasteiger partial charge on any atom is -0.507 e. The molecule has 0 aromatic heterocycles. The normalized spacial score (nSPS) is 11.9. The Labute approximate surface area is 164 Å². The molecule has 3 aromatic carbocycles. The number of phenolic OH excluding ortho intramolecular Hbond substituents is 1. The van der Waals surface area contributed by atoms with E-state index < -0.39 is 0 Å². The molecule has 0 unspecified atom stereocenters. The fraction of sp³-hybridized carbons (Fsp3) is 0.0870. The van der Waals surface area contributed by atoms with Crippen LogP contribution in [0.25, 0.3) is 0 Å². The van der Waals surface area contributed by atoms with Crippen molar-refractivity contribution in [2.75, 3.05) is 7.11 Å². The van der Waals surface area contributed by atoms with Crippen LogP contribution in [0.5, 0.6) is 11.5 Å². The van der Waals surface area contributed by atoms with Crippen molar-refractivity contribution < 1.29 is 9.84 Å². The molecule has 0 saturated heterocycles. The number of amidine groups is 2. The maximum Gasteiger partial charge on any atom is 0.165 e. The highest BCUT2D eigenvalue weighted by Crippen LogP contribution is 2.25. The van der Waals surface area contributed by atoms with Crippen molar-refractivity contribution in [2.45, 2.75) is 6.92 Å². The molecule has 0 bridgehead atoms. The fourth-order valence-electron chi connectivity index (χ4n) is 2.64. The quantitative estimate of drug-likeness (QED) is 0.516.